The van der Waals surface area contributed by atoms with E-state index in [1.165, 1.54) is 0 Å². The van der Waals surface area contributed by atoms with Gasteiger partial charge in [-0.2, -0.15) is 0 Å². The second-order valence-electron chi connectivity index (χ2n) is 5.62. The second kappa shape index (κ2) is 6.69. The van der Waals surface area contributed by atoms with Gasteiger partial charge in [0.25, 0.3) is 0 Å². The molecular formula is C18H20N2O3. The molecule has 2 aromatic rings. The van der Waals surface area contributed by atoms with Crippen molar-refractivity contribution in [2.45, 2.75) is 25.9 Å². The minimum absolute atomic E-state index is 0.00427. The van der Waals surface area contributed by atoms with Gasteiger partial charge in [0, 0.05) is 18.3 Å². The zero-order chi connectivity index (χ0) is 16.2. The summed E-state index contributed by atoms with van der Waals surface area (Å²) >= 11 is 0. The third kappa shape index (κ3) is 3.28. The van der Waals surface area contributed by atoms with E-state index in [0.29, 0.717) is 24.6 Å². The molecule has 0 N–H and O–H groups in total. The number of nitrogens with zero attached hydrogens (tertiary/aromatic N) is 2. The molecule has 0 saturated heterocycles. The van der Waals surface area contributed by atoms with Crippen molar-refractivity contribution < 1.29 is 14.3 Å². The lowest BCUT2D eigenvalue weighted by Gasteiger charge is -2.26. The Balaban J connectivity index is 1.81. The Kier molecular flexibility index (Phi) is 4.46. The van der Waals surface area contributed by atoms with E-state index < -0.39 is 0 Å². The van der Waals surface area contributed by atoms with Crippen molar-refractivity contribution in [2.75, 3.05) is 13.7 Å². The van der Waals surface area contributed by atoms with Crippen molar-refractivity contribution in [3.8, 4) is 11.5 Å². The second-order valence-corrected chi connectivity index (χ2v) is 5.62. The summed E-state index contributed by atoms with van der Waals surface area (Å²) in [6.07, 6.45) is 1.89. The molecule has 0 saturated carbocycles. The highest BCUT2D eigenvalue weighted by Crippen LogP contribution is 2.25. The third-order valence-corrected chi connectivity index (χ3v) is 4.03. The summed E-state index contributed by atoms with van der Waals surface area (Å²) in [5.74, 6) is 1.51. The molecule has 0 fully saturated rings. The number of ether oxygens (including phenoxy) is 2. The number of aromatic nitrogens is 1. The average molecular weight is 312 g/mol. The van der Waals surface area contributed by atoms with Gasteiger partial charge >= 0.3 is 0 Å². The molecule has 5 heteroatoms. The number of rotatable bonds is 3. The Labute approximate surface area is 135 Å². The molecule has 120 valence electrons. The van der Waals surface area contributed by atoms with E-state index in [-0.39, 0.29) is 18.4 Å². The maximum absolute atomic E-state index is 12.8. The Morgan fingerprint density at radius 3 is 3.00 bits per heavy atom. The summed E-state index contributed by atoms with van der Waals surface area (Å²) in [6.45, 7) is 3.03. The van der Waals surface area contributed by atoms with Crippen LogP contribution in [0.25, 0.3) is 0 Å². The van der Waals surface area contributed by atoms with Crippen molar-refractivity contribution in [3.05, 3.63) is 53.9 Å². The summed E-state index contributed by atoms with van der Waals surface area (Å²) in [6, 6.07) is 11.5. The molecule has 5 nitrogen and oxygen atoms in total. The summed E-state index contributed by atoms with van der Waals surface area (Å²) in [5.41, 5.74) is 1.68. The Morgan fingerprint density at radius 2 is 2.17 bits per heavy atom. The first-order chi connectivity index (χ1) is 11.2. The number of pyridine rings is 1. The monoisotopic (exact) mass is 312 g/mol. The number of benzene rings is 1. The predicted octanol–water partition coefficient (Wildman–Crippen LogP) is 2.44. The van der Waals surface area contributed by atoms with Crippen molar-refractivity contribution >= 4 is 5.91 Å². The molecule has 1 aliphatic heterocycles. The van der Waals surface area contributed by atoms with Crippen LogP contribution in [0.3, 0.4) is 0 Å². The van der Waals surface area contributed by atoms with Gasteiger partial charge in [0.2, 0.25) is 5.91 Å². The zero-order valence-corrected chi connectivity index (χ0v) is 13.4. The highest BCUT2D eigenvalue weighted by molar-refractivity contribution is 5.79. The van der Waals surface area contributed by atoms with E-state index in [1.807, 2.05) is 42.2 Å². The molecule has 1 atom stereocenters. The van der Waals surface area contributed by atoms with Crippen LogP contribution in [0.5, 0.6) is 11.5 Å². The first-order valence-electron chi connectivity index (χ1n) is 7.67. The van der Waals surface area contributed by atoms with Crippen LogP contribution >= 0.6 is 0 Å². The van der Waals surface area contributed by atoms with Crippen molar-refractivity contribution in [3.63, 3.8) is 0 Å². The maximum Gasteiger partial charge on any atom is 0.229 e. The van der Waals surface area contributed by atoms with E-state index >= 15 is 0 Å². The third-order valence-electron chi connectivity index (χ3n) is 4.03. The van der Waals surface area contributed by atoms with Gasteiger partial charge in [-0.25, -0.2) is 0 Å². The predicted molar refractivity (Wildman–Crippen MR) is 86.4 cm³/mol. The fourth-order valence-electron chi connectivity index (χ4n) is 2.74. The maximum atomic E-state index is 12.8. The van der Waals surface area contributed by atoms with Crippen LogP contribution in [0.2, 0.25) is 0 Å². The number of methoxy groups -OCH3 is 1. The lowest BCUT2D eigenvalue weighted by molar-refractivity contribution is -0.133. The fraction of sp³-hybridized carbons (Fsp3) is 0.333. The van der Waals surface area contributed by atoms with Crippen molar-refractivity contribution in [1.29, 1.82) is 0 Å². The SMILES string of the molecule is COc1cccnc1CC(=O)N1Cc2ccccc2OCC1C. The van der Waals surface area contributed by atoms with Gasteiger partial charge in [-0.1, -0.05) is 18.2 Å². The van der Waals surface area contributed by atoms with Gasteiger partial charge in [0.05, 0.1) is 25.3 Å². The number of carbonyl (C=O) groups is 1. The van der Waals surface area contributed by atoms with Crippen LogP contribution in [0, 0.1) is 0 Å². The Morgan fingerprint density at radius 1 is 1.35 bits per heavy atom. The van der Waals surface area contributed by atoms with Crippen LogP contribution in [0.4, 0.5) is 0 Å². The first-order valence-corrected chi connectivity index (χ1v) is 7.67. The average Bonchev–Trinajstić information content (AvgIpc) is 2.75. The molecule has 1 aromatic heterocycles. The molecule has 1 unspecified atom stereocenters. The fourth-order valence-corrected chi connectivity index (χ4v) is 2.74. The summed E-state index contributed by atoms with van der Waals surface area (Å²) < 4.78 is 11.1. The van der Waals surface area contributed by atoms with Crippen LogP contribution < -0.4 is 9.47 Å². The quantitative estimate of drug-likeness (QED) is 0.873. The largest absolute Gasteiger partial charge is 0.495 e. The highest BCUT2D eigenvalue weighted by atomic mass is 16.5. The molecule has 0 spiro atoms. The van der Waals surface area contributed by atoms with Gasteiger partial charge in [-0.05, 0) is 25.1 Å². The minimum atomic E-state index is 0.00427. The molecule has 0 bridgehead atoms. The lowest BCUT2D eigenvalue weighted by atomic mass is 10.1. The van der Waals surface area contributed by atoms with Gasteiger partial charge in [0.15, 0.2) is 0 Å². The van der Waals surface area contributed by atoms with E-state index in [9.17, 15) is 4.79 Å². The Bertz CT molecular complexity index is 702. The van der Waals surface area contributed by atoms with Crippen LogP contribution in [0.15, 0.2) is 42.6 Å². The first kappa shape index (κ1) is 15.3. The number of hydrogen-bond acceptors (Lipinski definition) is 4. The zero-order valence-electron chi connectivity index (χ0n) is 13.4. The molecule has 0 radical (unpaired) electrons. The lowest BCUT2D eigenvalue weighted by Crippen LogP contribution is -2.40. The van der Waals surface area contributed by atoms with Gasteiger partial charge in [-0.15, -0.1) is 0 Å². The minimum Gasteiger partial charge on any atom is -0.495 e. The molecule has 1 amide bonds. The van der Waals surface area contributed by atoms with E-state index in [0.717, 1.165) is 11.3 Å². The van der Waals surface area contributed by atoms with E-state index in [4.69, 9.17) is 9.47 Å². The van der Waals surface area contributed by atoms with Gasteiger partial charge in [0.1, 0.15) is 18.1 Å². The van der Waals surface area contributed by atoms with Crippen LogP contribution in [0.1, 0.15) is 18.2 Å². The standard InChI is InChI=1S/C18H20N2O3/c1-13-12-23-16-7-4-3-6-14(16)11-20(13)18(21)10-15-17(22-2)8-5-9-19-15/h3-9,13H,10-12H2,1-2H3. The molecule has 3 rings (SSSR count). The van der Waals surface area contributed by atoms with Gasteiger partial charge < -0.3 is 14.4 Å². The summed E-state index contributed by atoms with van der Waals surface area (Å²) in [7, 11) is 1.59. The number of amides is 1. The van der Waals surface area contributed by atoms with E-state index in [1.54, 1.807) is 19.4 Å². The smallest absolute Gasteiger partial charge is 0.229 e. The molecule has 1 aliphatic rings. The van der Waals surface area contributed by atoms with Crippen molar-refractivity contribution in [1.82, 2.24) is 9.88 Å². The molecule has 0 aliphatic carbocycles. The van der Waals surface area contributed by atoms with Crippen LogP contribution in [-0.4, -0.2) is 35.5 Å². The summed E-state index contributed by atoms with van der Waals surface area (Å²) in [5, 5.41) is 0. The topological polar surface area (TPSA) is 51.7 Å². The molecule has 2 heterocycles. The number of fused-ring (bicyclic) bond motifs is 1. The summed E-state index contributed by atoms with van der Waals surface area (Å²) in [4.78, 5) is 18.9. The van der Waals surface area contributed by atoms with Gasteiger partial charge in [-0.3, -0.25) is 9.78 Å². The molecule has 1 aromatic carbocycles. The highest BCUT2D eigenvalue weighted by Gasteiger charge is 2.26. The Hall–Kier alpha value is -2.56. The molecular weight excluding hydrogens is 292 g/mol. The van der Waals surface area contributed by atoms with Crippen LogP contribution in [-0.2, 0) is 17.8 Å². The van der Waals surface area contributed by atoms with Crippen molar-refractivity contribution in [2.24, 2.45) is 0 Å². The molecule has 23 heavy (non-hydrogen) atoms. The number of para-hydroxylation sites is 1. The normalized spacial score (nSPS) is 17.0. The van der Waals surface area contributed by atoms with E-state index in [2.05, 4.69) is 4.98 Å². The number of hydrogen-bond donors (Lipinski definition) is 0. The number of carbonyl (C=O) groups excluding carboxylic acids is 1.